The van der Waals surface area contributed by atoms with E-state index in [1.807, 2.05) is 42.6 Å². The van der Waals surface area contributed by atoms with Gasteiger partial charge in [0.1, 0.15) is 0 Å². The van der Waals surface area contributed by atoms with Crippen LogP contribution >= 0.6 is 0 Å². The van der Waals surface area contributed by atoms with Crippen LogP contribution in [0.5, 0.6) is 0 Å². The molecule has 5 aromatic rings. The Kier molecular flexibility index (Phi) is 5.25. The Morgan fingerprint density at radius 3 is 2.32 bits per heavy atom. The maximum Gasteiger partial charge on any atom is 0.405 e. The van der Waals surface area contributed by atoms with Gasteiger partial charge >= 0.3 is 6.09 Å². The minimum absolute atomic E-state index is 0.0734. The van der Waals surface area contributed by atoms with E-state index < -0.39 is 21.7 Å². The van der Waals surface area contributed by atoms with Gasteiger partial charge in [0.05, 0.1) is 16.6 Å². The maximum atomic E-state index is 12.1. The van der Waals surface area contributed by atoms with Crippen molar-refractivity contribution in [2.75, 3.05) is 0 Å². The molecule has 37 heavy (non-hydrogen) atoms. The normalized spacial score (nSPS) is 14.9. The second-order valence-corrected chi connectivity index (χ2v) is 10.8. The van der Waals surface area contributed by atoms with E-state index in [1.54, 1.807) is 35.1 Å². The lowest BCUT2D eigenvalue weighted by Crippen LogP contribution is -2.50. The largest absolute Gasteiger partial charge is 0.465 e. The van der Waals surface area contributed by atoms with Crippen LogP contribution in [0.4, 0.5) is 4.79 Å². The summed E-state index contributed by atoms with van der Waals surface area (Å²) in [5.41, 5.74) is 4.44. The standard InChI is InChI=1S/C27H23N5O4S/c28-37(35,36)24-11-10-21(20-4-1-2-5-22(20)24)23-15-30-32-16-18(14-29-25(23)32)17-6-8-19(9-7-17)27(12-3-13-27)31-26(33)34/h1-2,4-11,14-16,31H,3,12-13H2,(H,33,34)(H2,28,35,36). The monoisotopic (exact) mass is 513 g/mol. The number of nitrogens with zero attached hydrogens (tertiary/aromatic N) is 3. The molecule has 2 heterocycles. The van der Waals surface area contributed by atoms with Gasteiger partial charge < -0.3 is 10.4 Å². The second kappa shape index (κ2) is 8.39. The number of hydrogen-bond donors (Lipinski definition) is 3. The van der Waals surface area contributed by atoms with Gasteiger partial charge in [0.2, 0.25) is 10.0 Å². The number of nitrogens with two attached hydrogens (primary N) is 1. The Bertz CT molecular complexity index is 1790. The zero-order chi connectivity index (χ0) is 25.8. The number of carbonyl (C=O) groups is 1. The van der Waals surface area contributed by atoms with Gasteiger partial charge in [0, 0.05) is 28.9 Å². The number of benzene rings is 3. The van der Waals surface area contributed by atoms with E-state index in [4.69, 9.17) is 5.14 Å². The molecule has 1 fully saturated rings. The number of sulfonamides is 1. The molecule has 0 aliphatic heterocycles. The molecule has 0 atom stereocenters. The van der Waals surface area contributed by atoms with Crippen LogP contribution in [0.3, 0.4) is 0 Å². The molecule has 186 valence electrons. The molecule has 10 heteroatoms. The SMILES string of the molecule is NS(=O)(=O)c1ccc(-c2cnn3cc(-c4ccc(C5(NC(=O)O)CCC5)cc4)cnc23)c2ccccc12. The van der Waals surface area contributed by atoms with Gasteiger partial charge in [0.25, 0.3) is 0 Å². The highest BCUT2D eigenvalue weighted by atomic mass is 32.2. The lowest BCUT2D eigenvalue weighted by molar-refractivity contribution is 0.144. The average molecular weight is 514 g/mol. The van der Waals surface area contributed by atoms with Crippen LogP contribution in [-0.2, 0) is 15.6 Å². The predicted molar refractivity (Wildman–Crippen MR) is 139 cm³/mol. The van der Waals surface area contributed by atoms with Crippen molar-refractivity contribution in [3.05, 3.63) is 84.8 Å². The Morgan fingerprint density at radius 2 is 1.68 bits per heavy atom. The van der Waals surface area contributed by atoms with Gasteiger partial charge in [-0.25, -0.2) is 27.9 Å². The molecule has 2 aromatic heterocycles. The first-order chi connectivity index (χ1) is 17.7. The summed E-state index contributed by atoms with van der Waals surface area (Å²) in [6, 6.07) is 18.3. The predicted octanol–water partition coefficient (Wildman–Crippen LogP) is 4.51. The van der Waals surface area contributed by atoms with Crippen molar-refractivity contribution in [3.63, 3.8) is 0 Å². The fourth-order valence-electron chi connectivity index (χ4n) is 5.17. The third kappa shape index (κ3) is 3.90. The summed E-state index contributed by atoms with van der Waals surface area (Å²) in [5.74, 6) is 0. The lowest BCUT2D eigenvalue weighted by Gasteiger charge is -2.42. The Labute approximate surface area is 212 Å². The quantitative estimate of drug-likeness (QED) is 0.316. The molecule has 9 nitrogen and oxygen atoms in total. The molecule has 1 saturated carbocycles. The van der Waals surface area contributed by atoms with Gasteiger partial charge in [-0.1, -0.05) is 54.6 Å². The van der Waals surface area contributed by atoms with E-state index in [-0.39, 0.29) is 4.90 Å². The number of carboxylic acid groups (broad SMARTS) is 1. The molecule has 0 radical (unpaired) electrons. The van der Waals surface area contributed by atoms with Crippen molar-refractivity contribution >= 4 is 32.5 Å². The summed E-state index contributed by atoms with van der Waals surface area (Å²) in [7, 11) is -3.88. The van der Waals surface area contributed by atoms with Crippen LogP contribution in [-0.4, -0.2) is 34.2 Å². The minimum atomic E-state index is -3.88. The van der Waals surface area contributed by atoms with E-state index in [1.165, 1.54) is 6.07 Å². The van der Waals surface area contributed by atoms with Gasteiger partial charge in [-0.3, -0.25) is 0 Å². The number of hydrogen-bond acceptors (Lipinski definition) is 5. The molecule has 3 aromatic carbocycles. The minimum Gasteiger partial charge on any atom is -0.465 e. The van der Waals surface area contributed by atoms with Crippen LogP contribution in [0.15, 0.2) is 84.1 Å². The molecule has 4 N–H and O–H groups in total. The number of rotatable bonds is 5. The molecule has 0 saturated heterocycles. The van der Waals surface area contributed by atoms with Crippen LogP contribution in [0, 0.1) is 0 Å². The number of primary sulfonamides is 1. The zero-order valence-corrected chi connectivity index (χ0v) is 20.4. The molecule has 6 rings (SSSR count). The first-order valence-corrected chi connectivity index (χ1v) is 13.3. The van der Waals surface area contributed by atoms with E-state index in [2.05, 4.69) is 15.4 Å². The van der Waals surface area contributed by atoms with Crippen molar-refractivity contribution in [1.82, 2.24) is 19.9 Å². The van der Waals surface area contributed by atoms with Crippen LogP contribution in [0.1, 0.15) is 24.8 Å². The van der Waals surface area contributed by atoms with E-state index in [0.29, 0.717) is 11.0 Å². The summed E-state index contributed by atoms with van der Waals surface area (Å²) in [4.78, 5) is 16.0. The fraction of sp³-hybridized carbons (Fsp3) is 0.148. The Hall–Kier alpha value is -4.28. The fourth-order valence-corrected chi connectivity index (χ4v) is 5.91. The molecule has 1 amide bonds. The highest BCUT2D eigenvalue weighted by Crippen LogP contribution is 2.42. The number of aromatic nitrogens is 3. The van der Waals surface area contributed by atoms with Crippen LogP contribution < -0.4 is 10.5 Å². The van der Waals surface area contributed by atoms with Crippen molar-refractivity contribution < 1.29 is 18.3 Å². The van der Waals surface area contributed by atoms with Crippen molar-refractivity contribution in [3.8, 4) is 22.3 Å². The summed E-state index contributed by atoms with van der Waals surface area (Å²) in [5, 5.41) is 23.1. The molecule has 1 aliphatic rings. The first kappa shape index (κ1) is 23.1. The summed E-state index contributed by atoms with van der Waals surface area (Å²) in [6.45, 7) is 0. The topological polar surface area (TPSA) is 140 Å². The highest BCUT2D eigenvalue weighted by molar-refractivity contribution is 7.89. The van der Waals surface area contributed by atoms with Crippen LogP contribution in [0.2, 0.25) is 0 Å². The van der Waals surface area contributed by atoms with Crippen molar-refractivity contribution in [2.24, 2.45) is 5.14 Å². The summed E-state index contributed by atoms with van der Waals surface area (Å²) in [6.07, 6.45) is 6.92. The molecule has 0 bridgehead atoms. The van der Waals surface area contributed by atoms with Gasteiger partial charge in [-0.05, 0) is 47.4 Å². The van der Waals surface area contributed by atoms with Crippen molar-refractivity contribution in [1.29, 1.82) is 0 Å². The summed E-state index contributed by atoms with van der Waals surface area (Å²) >= 11 is 0. The smallest absolute Gasteiger partial charge is 0.405 e. The van der Waals surface area contributed by atoms with E-state index >= 15 is 0 Å². The first-order valence-electron chi connectivity index (χ1n) is 11.8. The van der Waals surface area contributed by atoms with Gasteiger partial charge in [-0.2, -0.15) is 5.10 Å². The van der Waals surface area contributed by atoms with Crippen molar-refractivity contribution in [2.45, 2.75) is 29.7 Å². The molecule has 0 unspecified atom stereocenters. The lowest BCUT2D eigenvalue weighted by atomic mass is 9.71. The Morgan fingerprint density at radius 1 is 0.946 bits per heavy atom. The third-order valence-electron chi connectivity index (χ3n) is 7.16. The maximum absolute atomic E-state index is 12.1. The third-order valence-corrected chi connectivity index (χ3v) is 8.13. The zero-order valence-electron chi connectivity index (χ0n) is 19.6. The summed E-state index contributed by atoms with van der Waals surface area (Å²) < 4.78 is 25.9. The second-order valence-electron chi connectivity index (χ2n) is 9.31. The molecular formula is C27H23N5O4S. The van der Waals surface area contributed by atoms with Gasteiger partial charge in [-0.15, -0.1) is 0 Å². The molecular weight excluding hydrogens is 490 g/mol. The molecule has 1 aliphatic carbocycles. The number of fused-ring (bicyclic) bond motifs is 2. The van der Waals surface area contributed by atoms with E-state index in [9.17, 15) is 18.3 Å². The number of amides is 1. The van der Waals surface area contributed by atoms with E-state index in [0.717, 1.165) is 52.5 Å². The Balaban J connectivity index is 1.38. The molecule has 0 spiro atoms. The van der Waals surface area contributed by atoms with Crippen LogP contribution in [0.25, 0.3) is 38.7 Å². The number of nitrogens with one attached hydrogen (secondary N) is 1. The average Bonchev–Trinajstić information content (AvgIpc) is 3.28. The van der Waals surface area contributed by atoms with Gasteiger partial charge in [0.15, 0.2) is 5.65 Å². The highest BCUT2D eigenvalue weighted by Gasteiger charge is 2.40.